The highest BCUT2D eigenvalue weighted by Crippen LogP contribution is 2.34. The molecule has 0 saturated carbocycles. The Kier molecular flexibility index (Phi) is 4.51. The number of rotatable bonds is 4. The maximum atomic E-state index is 13.9. The fraction of sp³-hybridized carbons (Fsp3) is 0.350. The molecule has 2 unspecified atom stereocenters. The molecule has 0 spiro atoms. The smallest absolute Gasteiger partial charge is 0.321 e. The fourth-order valence-corrected chi connectivity index (χ4v) is 3.86. The van der Waals surface area contributed by atoms with E-state index in [0.29, 0.717) is 25.0 Å². The number of nitrogens with zero attached hydrogens (tertiary/aromatic N) is 2. The number of carbonyl (C=O) groups is 1. The van der Waals surface area contributed by atoms with Crippen molar-refractivity contribution in [1.82, 2.24) is 9.80 Å². The molecule has 2 atom stereocenters. The van der Waals surface area contributed by atoms with Crippen molar-refractivity contribution in [2.75, 3.05) is 32.1 Å². The molecule has 4 rings (SSSR count). The first-order valence-electron chi connectivity index (χ1n) is 8.81. The zero-order chi connectivity index (χ0) is 18.1. The number of ether oxygens (including phenoxy) is 1. The van der Waals surface area contributed by atoms with Gasteiger partial charge >= 0.3 is 6.03 Å². The summed E-state index contributed by atoms with van der Waals surface area (Å²) in [5.41, 5.74) is 1.73. The van der Waals surface area contributed by atoms with Crippen LogP contribution in [0.5, 0.6) is 5.75 Å². The van der Waals surface area contributed by atoms with Gasteiger partial charge in [-0.3, -0.25) is 4.90 Å². The third-order valence-corrected chi connectivity index (χ3v) is 5.26. The maximum Gasteiger partial charge on any atom is 0.321 e. The van der Waals surface area contributed by atoms with Crippen molar-refractivity contribution in [1.29, 1.82) is 0 Å². The van der Waals surface area contributed by atoms with Crippen LogP contribution in [0.1, 0.15) is 5.56 Å². The van der Waals surface area contributed by atoms with Gasteiger partial charge in [0.05, 0.1) is 7.11 Å². The van der Waals surface area contributed by atoms with Crippen LogP contribution in [0.4, 0.5) is 14.9 Å². The van der Waals surface area contributed by atoms with E-state index in [2.05, 4.69) is 10.2 Å². The summed E-state index contributed by atoms with van der Waals surface area (Å²) in [6.45, 7) is 3.11. The molecule has 136 valence electrons. The Morgan fingerprint density at radius 3 is 2.73 bits per heavy atom. The third-order valence-electron chi connectivity index (χ3n) is 5.26. The number of nitrogens with one attached hydrogen (secondary N) is 1. The number of carbonyl (C=O) groups excluding carboxylic acids is 1. The molecule has 2 aliphatic rings. The van der Waals surface area contributed by atoms with Crippen molar-refractivity contribution < 1.29 is 13.9 Å². The molecule has 0 aliphatic carbocycles. The van der Waals surface area contributed by atoms with Crippen molar-refractivity contribution >= 4 is 11.7 Å². The Morgan fingerprint density at radius 1 is 1.19 bits per heavy atom. The molecule has 2 heterocycles. The van der Waals surface area contributed by atoms with Gasteiger partial charge in [-0.05, 0) is 29.8 Å². The monoisotopic (exact) mass is 355 g/mol. The predicted molar refractivity (Wildman–Crippen MR) is 97.7 cm³/mol. The van der Waals surface area contributed by atoms with Gasteiger partial charge in [-0.2, -0.15) is 0 Å². The van der Waals surface area contributed by atoms with E-state index in [1.165, 1.54) is 13.2 Å². The fourth-order valence-electron chi connectivity index (χ4n) is 3.86. The SMILES string of the molecule is COc1ccc(CN2CC3CN(C(=O)Nc4ccccc4)CC32)cc1F. The molecule has 0 radical (unpaired) electrons. The second kappa shape index (κ2) is 6.96. The van der Waals surface area contributed by atoms with Gasteiger partial charge in [0.2, 0.25) is 0 Å². The Bertz CT molecular complexity index is 799. The quantitative estimate of drug-likeness (QED) is 0.916. The lowest BCUT2D eigenvalue weighted by Gasteiger charge is -2.43. The summed E-state index contributed by atoms with van der Waals surface area (Å²) in [4.78, 5) is 16.6. The number of amides is 2. The zero-order valence-electron chi connectivity index (χ0n) is 14.7. The van der Waals surface area contributed by atoms with Crippen LogP contribution in [0.25, 0.3) is 0 Å². The molecule has 2 aliphatic heterocycles. The number of benzene rings is 2. The summed E-state index contributed by atoms with van der Waals surface area (Å²) in [5, 5.41) is 2.94. The van der Waals surface area contributed by atoms with Crippen LogP contribution in [0, 0.1) is 11.7 Å². The zero-order valence-corrected chi connectivity index (χ0v) is 14.7. The van der Waals surface area contributed by atoms with Crippen LogP contribution in [0.2, 0.25) is 0 Å². The van der Waals surface area contributed by atoms with Crippen molar-refractivity contribution in [3.05, 3.63) is 59.9 Å². The molecule has 0 bridgehead atoms. The van der Waals surface area contributed by atoms with Crippen molar-refractivity contribution in [2.45, 2.75) is 12.6 Å². The number of para-hydroxylation sites is 1. The lowest BCUT2D eigenvalue weighted by atomic mass is 9.91. The van der Waals surface area contributed by atoms with Crippen LogP contribution in [0.15, 0.2) is 48.5 Å². The largest absolute Gasteiger partial charge is 0.494 e. The van der Waals surface area contributed by atoms with Crippen LogP contribution in [0.3, 0.4) is 0 Å². The Labute approximate surface area is 152 Å². The molecule has 2 aromatic rings. The molecule has 5 nitrogen and oxygen atoms in total. The standard InChI is InChI=1S/C20H22FN3O2/c1-26-19-8-7-14(9-17(19)21)10-23-11-15-12-24(13-18(15)23)20(25)22-16-5-3-2-4-6-16/h2-9,15,18H,10-13H2,1H3,(H,22,25). The van der Waals surface area contributed by atoms with Gasteiger partial charge in [0.1, 0.15) is 0 Å². The maximum absolute atomic E-state index is 13.9. The van der Waals surface area contributed by atoms with Crippen LogP contribution in [-0.4, -0.2) is 48.6 Å². The molecule has 26 heavy (non-hydrogen) atoms. The number of fused-ring (bicyclic) bond motifs is 1. The second-order valence-corrected chi connectivity index (χ2v) is 6.93. The summed E-state index contributed by atoms with van der Waals surface area (Å²) in [6.07, 6.45) is 0. The molecule has 0 aromatic heterocycles. The summed E-state index contributed by atoms with van der Waals surface area (Å²) >= 11 is 0. The minimum absolute atomic E-state index is 0.0546. The van der Waals surface area contributed by atoms with Crippen LogP contribution < -0.4 is 10.1 Å². The van der Waals surface area contributed by atoms with Crippen LogP contribution in [-0.2, 0) is 6.54 Å². The summed E-state index contributed by atoms with van der Waals surface area (Å²) in [7, 11) is 1.46. The Hall–Kier alpha value is -2.60. The van der Waals surface area contributed by atoms with Crippen molar-refractivity contribution in [3.8, 4) is 5.75 Å². The van der Waals surface area contributed by atoms with E-state index in [4.69, 9.17) is 4.74 Å². The first kappa shape index (κ1) is 16.8. The van der Waals surface area contributed by atoms with Gasteiger partial charge in [-0.25, -0.2) is 9.18 Å². The number of hydrogen-bond donors (Lipinski definition) is 1. The number of likely N-dealkylation sites (tertiary alicyclic amines) is 2. The number of urea groups is 1. The number of hydrogen-bond acceptors (Lipinski definition) is 3. The Balaban J connectivity index is 1.34. The number of halogens is 1. The molecule has 1 N–H and O–H groups in total. The highest BCUT2D eigenvalue weighted by molar-refractivity contribution is 5.89. The van der Waals surface area contributed by atoms with E-state index in [-0.39, 0.29) is 17.6 Å². The normalized spacial score (nSPS) is 21.8. The third kappa shape index (κ3) is 3.24. The molecule has 2 aromatic carbocycles. The van der Waals surface area contributed by atoms with Gasteiger partial charge < -0.3 is 15.0 Å². The van der Waals surface area contributed by atoms with Crippen molar-refractivity contribution in [2.24, 2.45) is 5.92 Å². The summed E-state index contributed by atoms with van der Waals surface area (Å²) in [5.74, 6) is 0.428. The number of methoxy groups -OCH3 is 1. The molecule has 6 heteroatoms. The van der Waals surface area contributed by atoms with Crippen molar-refractivity contribution in [3.63, 3.8) is 0 Å². The number of anilines is 1. The Morgan fingerprint density at radius 2 is 2.00 bits per heavy atom. The van der Waals surface area contributed by atoms with E-state index in [1.807, 2.05) is 41.3 Å². The van der Waals surface area contributed by atoms with E-state index in [9.17, 15) is 9.18 Å². The molecular formula is C20H22FN3O2. The van der Waals surface area contributed by atoms with Gasteiger partial charge in [-0.15, -0.1) is 0 Å². The lowest BCUT2D eigenvalue weighted by molar-refractivity contribution is 0.0434. The first-order chi connectivity index (χ1) is 12.6. The molecule has 2 fully saturated rings. The lowest BCUT2D eigenvalue weighted by Crippen LogP contribution is -2.54. The van der Waals surface area contributed by atoms with Gasteiger partial charge in [0, 0.05) is 43.8 Å². The highest BCUT2D eigenvalue weighted by Gasteiger charge is 2.46. The minimum atomic E-state index is -0.336. The van der Waals surface area contributed by atoms with Crippen LogP contribution >= 0.6 is 0 Å². The molecule has 2 saturated heterocycles. The first-order valence-corrected chi connectivity index (χ1v) is 8.81. The molecule has 2 amide bonds. The van der Waals surface area contributed by atoms with Gasteiger partial charge in [0.15, 0.2) is 11.6 Å². The highest BCUT2D eigenvalue weighted by atomic mass is 19.1. The van der Waals surface area contributed by atoms with E-state index >= 15 is 0 Å². The van der Waals surface area contributed by atoms with E-state index < -0.39 is 0 Å². The average molecular weight is 355 g/mol. The average Bonchev–Trinajstić information content (AvgIpc) is 2.98. The van der Waals surface area contributed by atoms with Gasteiger partial charge in [0.25, 0.3) is 0 Å². The topological polar surface area (TPSA) is 44.8 Å². The summed E-state index contributed by atoms with van der Waals surface area (Å²) in [6, 6.07) is 14.9. The summed E-state index contributed by atoms with van der Waals surface area (Å²) < 4.78 is 18.8. The predicted octanol–water partition coefficient (Wildman–Crippen LogP) is 3.18. The second-order valence-electron chi connectivity index (χ2n) is 6.93. The van der Waals surface area contributed by atoms with E-state index in [1.54, 1.807) is 6.07 Å². The molecular weight excluding hydrogens is 333 g/mol. The minimum Gasteiger partial charge on any atom is -0.494 e. The van der Waals surface area contributed by atoms with E-state index in [0.717, 1.165) is 24.3 Å². The van der Waals surface area contributed by atoms with Gasteiger partial charge in [-0.1, -0.05) is 24.3 Å².